The molecule has 0 saturated heterocycles. The van der Waals surface area contributed by atoms with Crippen LogP contribution in [0.5, 0.6) is 0 Å². The van der Waals surface area contributed by atoms with E-state index in [1.54, 1.807) is 30.3 Å². The fraction of sp³-hybridized carbons (Fsp3) is 0.125. The number of nitrogens with zero attached hydrogens (tertiary/aromatic N) is 3. The Morgan fingerprint density at radius 3 is 2.41 bits per heavy atom. The van der Waals surface area contributed by atoms with E-state index in [2.05, 4.69) is 11.1 Å². The van der Waals surface area contributed by atoms with Gasteiger partial charge in [0.25, 0.3) is 0 Å². The van der Waals surface area contributed by atoms with E-state index in [-0.39, 0.29) is 0 Å². The lowest BCUT2D eigenvalue weighted by Gasteiger charge is -2.23. The Morgan fingerprint density at radius 2 is 1.77 bits per heavy atom. The SMILES string of the molecule is N#Cc1ccc2nc(N3C(O)c4ccccc4C3O)sc2c1. The fourth-order valence-corrected chi connectivity index (χ4v) is 3.77. The van der Waals surface area contributed by atoms with E-state index >= 15 is 0 Å². The summed E-state index contributed by atoms with van der Waals surface area (Å²) in [5, 5.41) is 30.4. The van der Waals surface area contributed by atoms with Gasteiger partial charge in [0.2, 0.25) is 0 Å². The number of hydrogen-bond donors (Lipinski definition) is 2. The van der Waals surface area contributed by atoms with Crippen molar-refractivity contribution in [1.82, 2.24) is 4.98 Å². The van der Waals surface area contributed by atoms with Gasteiger partial charge in [-0.05, 0) is 18.2 Å². The third-order valence-corrected chi connectivity index (χ3v) is 4.84. The molecule has 3 aromatic rings. The predicted molar refractivity (Wildman–Crippen MR) is 83.2 cm³/mol. The van der Waals surface area contributed by atoms with E-state index in [0.29, 0.717) is 21.8 Å². The molecule has 0 amide bonds. The molecule has 2 unspecified atom stereocenters. The number of hydrogen-bond acceptors (Lipinski definition) is 6. The maximum absolute atomic E-state index is 10.5. The largest absolute Gasteiger partial charge is 0.369 e. The lowest BCUT2D eigenvalue weighted by Crippen LogP contribution is -2.25. The molecule has 2 N–H and O–H groups in total. The van der Waals surface area contributed by atoms with Gasteiger partial charge in [0, 0.05) is 11.1 Å². The van der Waals surface area contributed by atoms with Crippen molar-refractivity contribution >= 4 is 26.7 Å². The molecule has 4 rings (SSSR count). The summed E-state index contributed by atoms with van der Waals surface area (Å²) in [6, 6.07) is 14.6. The number of aliphatic hydroxyl groups is 2. The number of rotatable bonds is 1. The Kier molecular flexibility index (Phi) is 2.87. The summed E-state index contributed by atoms with van der Waals surface area (Å²) >= 11 is 1.35. The van der Waals surface area contributed by atoms with Crippen LogP contribution in [-0.2, 0) is 0 Å². The van der Waals surface area contributed by atoms with Crippen LogP contribution in [0.4, 0.5) is 5.13 Å². The molecule has 0 fully saturated rings. The van der Waals surface area contributed by atoms with Crippen molar-refractivity contribution < 1.29 is 10.2 Å². The molecule has 2 atom stereocenters. The molecule has 2 heterocycles. The molecule has 1 aliphatic rings. The second kappa shape index (κ2) is 4.78. The van der Waals surface area contributed by atoms with Crippen LogP contribution in [0.25, 0.3) is 10.2 Å². The van der Waals surface area contributed by atoms with Crippen LogP contribution in [0.2, 0.25) is 0 Å². The number of fused-ring (bicyclic) bond motifs is 2. The maximum atomic E-state index is 10.5. The standard InChI is InChI=1S/C16H11N3O2S/c17-8-9-5-6-12-13(7-9)22-16(18-12)19-14(20)10-3-1-2-4-11(10)15(19)21/h1-7,14-15,20-21H. The Hall–Kier alpha value is -2.46. The summed E-state index contributed by atoms with van der Waals surface area (Å²) in [6.07, 6.45) is -1.86. The molecule has 108 valence electrons. The zero-order valence-corrected chi connectivity index (χ0v) is 12.2. The first-order chi connectivity index (χ1) is 10.7. The number of aromatic nitrogens is 1. The molecular weight excluding hydrogens is 298 g/mol. The Morgan fingerprint density at radius 1 is 1.09 bits per heavy atom. The first kappa shape index (κ1) is 13.2. The highest BCUT2D eigenvalue weighted by Crippen LogP contribution is 2.44. The van der Waals surface area contributed by atoms with E-state index in [1.165, 1.54) is 16.2 Å². The highest BCUT2D eigenvalue weighted by atomic mass is 32.1. The highest BCUT2D eigenvalue weighted by Gasteiger charge is 2.37. The zero-order valence-electron chi connectivity index (χ0n) is 11.3. The normalized spacial score (nSPS) is 20.1. The van der Waals surface area contributed by atoms with Crippen molar-refractivity contribution in [3.05, 3.63) is 59.2 Å². The van der Waals surface area contributed by atoms with E-state index < -0.39 is 12.5 Å². The Labute approximate surface area is 130 Å². The molecule has 5 nitrogen and oxygen atoms in total. The van der Waals surface area contributed by atoms with Crippen molar-refractivity contribution in [3.63, 3.8) is 0 Å². The minimum atomic E-state index is -0.929. The fourth-order valence-electron chi connectivity index (χ4n) is 2.72. The molecular formula is C16H11N3O2S. The molecule has 22 heavy (non-hydrogen) atoms. The number of thiazole rings is 1. The van der Waals surface area contributed by atoms with Gasteiger partial charge in [-0.15, -0.1) is 0 Å². The van der Waals surface area contributed by atoms with Crippen LogP contribution >= 0.6 is 11.3 Å². The van der Waals surface area contributed by atoms with Crippen molar-refractivity contribution in [2.75, 3.05) is 4.90 Å². The Balaban J connectivity index is 1.81. The topological polar surface area (TPSA) is 80.4 Å². The quantitative estimate of drug-likeness (QED) is 0.722. The summed E-state index contributed by atoms with van der Waals surface area (Å²) in [6.45, 7) is 0. The van der Waals surface area contributed by atoms with Gasteiger partial charge in [0.05, 0.1) is 21.8 Å². The van der Waals surface area contributed by atoms with Crippen LogP contribution in [0.1, 0.15) is 29.1 Å². The van der Waals surface area contributed by atoms with Crippen molar-refractivity contribution in [2.45, 2.75) is 12.5 Å². The summed E-state index contributed by atoms with van der Waals surface area (Å²) in [7, 11) is 0. The summed E-state index contributed by atoms with van der Waals surface area (Å²) in [4.78, 5) is 5.96. The van der Waals surface area contributed by atoms with Gasteiger partial charge in [-0.1, -0.05) is 35.6 Å². The first-order valence-electron chi connectivity index (χ1n) is 6.73. The molecule has 0 radical (unpaired) electrons. The minimum absolute atomic E-state index is 0.529. The molecule has 0 spiro atoms. The van der Waals surface area contributed by atoms with Gasteiger partial charge in [-0.3, -0.25) is 4.90 Å². The Bertz CT molecular complexity index is 886. The maximum Gasteiger partial charge on any atom is 0.191 e. The third kappa shape index (κ3) is 1.81. The molecule has 0 bridgehead atoms. The van der Waals surface area contributed by atoms with Crippen LogP contribution in [-0.4, -0.2) is 15.2 Å². The molecule has 1 aromatic heterocycles. The van der Waals surface area contributed by atoms with Crippen LogP contribution < -0.4 is 4.90 Å². The predicted octanol–water partition coefficient (Wildman–Crippen LogP) is 2.67. The zero-order chi connectivity index (χ0) is 15.3. The van der Waals surface area contributed by atoms with Gasteiger partial charge < -0.3 is 10.2 Å². The lowest BCUT2D eigenvalue weighted by atomic mass is 10.1. The number of benzene rings is 2. The molecule has 2 aromatic carbocycles. The number of aliphatic hydroxyl groups excluding tert-OH is 2. The van der Waals surface area contributed by atoms with Gasteiger partial charge in [0.15, 0.2) is 17.6 Å². The van der Waals surface area contributed by atoms with Crippen LogP contribution in [0.15, 0.2) is 42.5 Å². The highest BCUT2D eigenvalue weighted by molar-refractivity contribution is 7.22. The summed E-state index contributed by atoms with van der Waals surface area (Å²) in [5.41, 5.74) is 2.68. The molecule has 6 heteroatoms. The van der Waals surface area contributed by atoms with Gasteiger partial charge in [-0.2, -0.15) is 5.26 Å². The first-order valence-corrected chi connectivity index (χ1v) is 7.54. The second-order valence-corrected chi connectivity index (χ2v) is 6.08. The number of nitriles is 1. The van der Waals surface area contributed by atoms with Gasteiger partial charge >= 0.3 is 0 Å². The van der Waals surface area contributed by atoms with E-state index in [0.717, 1.165) is 10.2 Å². The van der Waals surface area contributed by atoms with E-state index in [9.17, 15) is 10.2 Å². The second-order valence-electron chi connectivity index (χ2n) is 5.07. The third-order valence-electron chi connectivity index (χ3n) is 3.81. The van der Waals surface area contributed by atoms with E-state index in [1.807, 2.05) is 12.1 Å². The monoisotopic (exact) mass is 309 g/mol. The lowest BCUT2D eigenvalue weighted by molar-refractivity contribution is 0.110. The van der Waals surface area contributed by atoms with Gasteiger partial charge in [-0.25, -0.2) is 4.98 Å². The average molecular weight is 309 g/mol. The van der Waals surface area contributed by atoms with Gasteiger partial charge in [0.1, 0.15) is 0 Å². The van der Waals surface area contributed by atoms with Crippen LogP contribution in [0.3, 0.4) is 0 Å². The van der Waals surface area contributed by atoms with E-state index in [4.69, 9.17) is 5.26 Å². The van der Waals surface area contributed by atoms with Crippen molar-refractivity contribution in [3.8, 4) is 6.07 Å². The summed E-state index contributed by atoms with van der Waals surface area (Å²) < 4.78 is 0.851. The van der Waals surface area contributed by atoms with Crippen molar-refractivity contribution in [1.29, 1.82) is 5.26 Å². The average Bonchev–Trinajstić information content (AvgIpc) is 3.06. The van der Waals surface area contributed by atoms with Crippen molar-refractivity contribution in [2.24, 2.45) is 0 Å². The number of anilines is 1. The smallest absolute Gasteiger partial charge is 0.191 e. The minimum Gasteiger partial charge on any atom is -0.369 e. The van der Waals surface area contributed by atoms with Crippen LogP contribution in [0, 0.1) is 11.3 Å². The molecule has 0 aliphatic carbocycles. The summed E-state index contributed by atoms with van der Waals surface area (Å²) in [5.74, 6) is 0. The molecule has 1 aliphatic heterocycles. The molecule has 0 saturated carbocycles.